The van der Waals surface area contributed by atoms with Crippen molar-refractivity contribution in [2.75, 3.05) is 0 Å². The third-order valence-corrected chi connectivity index (χ3v) is 6.23. The third-order valence-electron chi connectivity index (χ3n) is 6.23. The Morgan fingerprint density at radius 1 is 0.548 bits per heavy atom. The minimum Gasteiger partial charge on any atom is -0.256 e. The number of pyridine rings is 1. The molecule has 1 heterocycles. The molecule has 0 saturated heterocycles. The van der Waals surface area contributed by atoms with E-state index >= 15 is 0 Å². The molecular weight excluding hydrogens is 374 g/mol. The fraction of sp³-hybridized carbons (Fsp3) is 0.0333. The number of fused-ring (bicyclic) bond motifs is 3. The molecule has 6 rings (SSSR count). The summed E-state index contributed by atoms with van der Waals surface area (Å²) in [4.78, 5) is 4.90. The van der Waals surface area contributed by atoms with Gasteiger partial charge in [0.25, 0.3) is 0 Å². The summed E-state index contributed by atoms with van der Waals surface area (Å²) in [6, 6.07) is 36.9. The van der Waals surface area contributed by atoms with Crippen LogP contribution in [0.3, 0.4) is 0 Å². The zero-order chi connectivity index (χ0) is 20.8. The zero-order valence-corrected chi connectivity index (χ0v) is 17.3. The van der Waals surface area contributed by atoms with Crippen molar-refractivity contribution < 1.29 is 0 Å². The molecule has 0 N–H and O–H groups in total. The van der Waals surface area contributed by atoms with E-state index in [2.05, 4.69) is 104 Å². The molecule has 6 aromatic rings. The van der Waals surface area contributed by atoms with Gasteiger partial charge in [0.05, 0.1) is 5.52 Å². The highest BCUT2D eigenvalue weighted by molar-refractivity contribution is 6.20. The second-order valence-electron chi connectivity index (χ2n) is 8.07. The molecule has 0 unspecified atom stereocenters. The number of hydrogen-bond acceptors (Lipinski definition) is 1. The Labute approximate surface area is 181 Å². The van der Waals surface area contributed by atoms with Crippen molar-refractivity contribution in [2.45, 2.75) is 6.92 Å². The molecule has 0 fully saturated rings. The van der Waals surface area contributed by atoms with E-state index in [-0.39, 0.29) is 0 Å². The van der Waals surface area contributed by atoms with Gasteiger partial charge in [-0.15, -0.1) is 0 Å². The van der Waals surface area contributed by atoms with Gasteiger partial charge < -0.3 is 0 Å². The summed E-state index contributed by atoms with van der Waals surface area (Å²) >= 11 is 0. The Kier molecular flexibility index (Phi) is 4.07. The van der Waals surface area contributed by atoms with E-state index in [0.717, 1.165) is 5.52 Å². The van der Waals surface area contributed by atoms with Crippen molar-refractivity contribution >= 4 is 32.4 Å². The van der Waals surface area contributed by atoms with Gasteiger partial charge in [-0.25, -0.2) is 0 Å². The van der Waals surface area contributed by atoms with Gasteiger partial charge in [-0.05, 0) is 62.9 Å². The van der Waals surface area contributed by atoms with Crippen LogP contribution in [0, 0.1) is 6.92 Å². The first-order valence-corrected chi connectivity index (χ1v) is 10.7. The Morgan fingerprint density at radius 3 is 2.06 bits per heavy atom. The van der Waals surface area contributed by atoms with Crippen LogP contribution in [0.2, 0.25) is 0 Å². The fourth-order valence-electron chi connectivity index (χ4n) is 4.78. The molecule has 5 aromatic carbocycles. The Bertz CT molecular complexity index is 1540. The number of aryl methyl sites for hydroxylation is 1. The molecule has 1 heteroatoms. The van der Waals surface area contributed by atoms with Gasteiger partial charge in [0, 0.05) is 17.1 Å². The van der Waals surface area contributed by atoms with Crippen LogP contribution in [0.15, 0.2) is 109 Å². The molecular formula is C30H21N. The molecule has 0 aliphatic heterocycles. The smallest absolute Gasteiger partial charge is 0.0792 e. The summed E-state index contributed by atoms with van der Waals surface area (Å²) in [6.45, 7) is 2.18. The van der Waals surface area contributed by atoms with Crippen molar-refractivity contribution in [3.63, 3.8) is 0 Å². The van der Waals surface area contributed by atoms with Gasteiger partial charge in [0.1, 0.15) is 0 Å². The summed E-state index contributed by atoms with van der Waals surface area (Å²) in [7, 11) is 0. The molecule has 0 aliphatic rings. The van der Waals surface area contributed by atoms with Gasteiger partial charge >= 0.3 is 0 Å². The van der Waals surface area contributed by atoms with Crippen LogP contribution in [0.4, 0.5) is 0 Å². The van der Waals surface area contributed by atoms with E-state index in [1.807, 2.05) is 12.3 Å². The standard InChI is InChI=1S/C30H21N/c1-20-9-2-5-12-24(20)29-26-14-7-6-13-25(26)28(30-27(29)15-8-18-31-30)23-17-16-21-10-3-4-11-22(21)19-23/h2-19H,1H3. The van der Waals surface area contributed by atoms with E-state index in [1.165, 1.54) is 54.7 Å². The number of aromatic nitrogens is 1. The lowest BCUT2D eigenvalue weighted by Gasteiger charge is -2.18. The first-order valence-electron chi connectivity index (χ1n) is 10.7. The summed E-state index contributed by atoms with van der Waals surface area (Å²) in [5, 5.41) is 6.20. The van der Waals surface area contributed by atoms with Crippen molar-refractivity contribution in [1.29, 1.82) is 0 Å². The molecule has 1 nitrogen and oxygen atoms in total. The predicted molar refractivity (Wildman–Crippen MR) is 132 cm³/mol. The number of hydrogen-bond donors (Lipinski definition) is 0. The number of nitrogens with zero attached hydrogens (tertiary/aromatic N) is 1. The van der Waals surface area contributed by atoms with Gasteiger partial charge in [-0.3, -0.25) is 4.98 Å². The highest BCUT2D eigenvalue weighted by atomic mass is 14.7. The zero-order valence-electron chi connectivity index (χ0n) is 17.3. The summed E-state index contributed by atoms with van der Waals surface area (Å²) < 4.78 is 0. The summed E-state index contributed by atoms with van der Waals surface area (Å²) in [5.41, 5.74) is 7.26. The fourth-order valence-corrected chi connectivity index (χ4v) is 4.78. The largest absolute Gasteiger partial charge is 0.256 e. The Morgan fingerprint density at radius 2 is 1.23 bits per heavy atom. The molecule has 146 valence electrons. The van der Waals surface area contributed by atoms with E-state index in [1.54, 1.807) is 0 Å². The lowest BCUT2D eigenvalue weighted by molar-refractivity contribution is 1.41. The normalized spacial score (nSPS) is 11.4. The molecule has 0 saturated carbocycles. The molecule has 31 heavy (non-hydrogen) atoms. The quantitative estimate of drug-likeness (QED) is 0.269. The van der Waals surface area contributed by atoms with Crippen molar-refractivity contribution in [1.82, 2.24) is 4.98 Å². The highest BCUT2D eigenvalue weighted by Crippen LogP contribution is 2.43. The van der Waals surface area contributed by atoms with Gasteiger partial charge in [0.15, 0.2) is 0 Å². The van der Waals surface area contributed by atoms with Crippen LogP contribution in [-0.4, -0.2) is 4.98 Å². The van der Waals surface area contributed by atoms with Gasteiger partial charge in [0.2, 0.25) is 0 Å². The maximum absolute atomic E-state index is 4.90. The van der Waals surface area contributed by atoms with Crippen molar-refractivity contribution in [3.05, 3.63) is 115 Å². The first-order chi connectivity index (χ1) is 15.3. The van der Waals surface area contributed by atoms with E-state index in [9.17, 15) is 0 Å². The van der Waals surface area contributed by atoms with Crippen LogP contribution < -0.4 is 0 Å². The Hall–Kier alpha value is -3.97. The minimum atomic E-state index is 1.05. The molecule has 0 amide bonds. The molecule has 0 radical (unpaired) electrons. The number of benzene rings is 5. The molecule has 0 atom stereocenters. The average Bonchev–Trinajstić information content (AvgIpc) is 2.83. The predicted octanol–water partition coefficient (Wildman–Crippen LogP) is 8.18. The van der Waals surface area contributed by atoms with Gasteiger partial charge in [-0.2, -0.15) is 0 Å². The highest BCUT2D eigenvalue weighted by Gasteiger charge is 2.18. The van der Waals surface area contributed by atoms with E-state index in [0.29, 0.717) is 0 Å². The lowest BCUT2D eigenvalue weighted by Crippen LogP contribution is -1.93. The van der Waals surface area contributed by atoms with E-state index in [4.69, 9.17) is 4.98 Å². The average molecular weight is 396 g/mol. The minimum absolute atomic E-state index is 1.05. The van der Waals surface area contributed by atoms with Crippen LogP contribution in [0.1, 0.15) is 5.56 Å². The molecule has 1 aromatic heterocycles. The third kappa shape index (κ3) is 2.82. The molecule has 0 aliphatic carbocycles. The second-order valence-corrected chi connectivity index (χ2v) is 8.07. The second kappa shape index (κ2) is 7.07. The summed E-state index contributed by atoms with van der Waals surface area (Å²) in [6.07, 6.45) is 1.91. The van der Waals surface area contributed by atoms with Crippen LogP contribution in [0.5, 0.6) is 0 Å². The van der Waals surface area contributed by atoms with Crippen LogP contribution >= 0.6 is 0 Å². The first kappa shape index (κ1) is 17.9. The Balaban J connectivity index is 1.79. The maximum Gasteiger partial charge on any atom is 0.0792 e. The summed E-state index contributed by atoms with van der Waals surface area (Å²) in [5.74, 6) is 0. The maximum atomic E-state index is 4.90. The molecule has 0 spiro atoms. The van der Waals surface area contributed by atoms with Gasteiger partial charge in [-0.1, -0.05) is 91.0 Å². The topological polar surface area (TPSA) is 12.9 Å². The van der Waals surface area contributed by atoms with E-state index < -0.39 is 0 Å². The van der Waals surface area contributed by atoms with Crippen LogP contribution in [0.25, 0.3) is 54.7 Å². The molecule has 0 bridgehead atoms. The monoisotopic (exact) mass is 395 g/mol. The SMILES string of the molecule is Cc1ccccc1-c1c2ccccc2c(-c2ccc3ccccc3c2)c2ncccc12. The van der Waals surface area contributed by atoms with Crippen LogP contribution in [-0.2, 0) is 0 Å². The lowest BCUT2D eigenvalue weighted by atomic mass is 9.86. The van der Waals surface area contributed by atoms with Crippen molar-refractivity contribution in [3.8, 4) is 22.3 Å². The number of rotatable bonds is 2. The van der Waals surface area contributed by atoms with Crippen molar-refractivity contribution in [2.24, 2.45) is 0 Å².